The van der Waals surface area contributed by atoms with Crippen molar-refractivity contribution in [2.24, 2.45) is 5.73 Å². The van der Waals surface area contributed by atoms with Gasteiger partial charge >= 0.3 is 6.55 Å². The summed E-state index contributed by atoms with van der Waals surface area (Å²) in [6.45, 7) is -0.903. The normalized spacial score (nSPS) is 13.0. The summed E-state index contributed by atoms with van der Waals surface area (Å²) in [5, 5.41) is 4.07. The molecular weight excluding hydrogens is 262 g/mol. The minimum absolute atomic E-state index is 0.155. The lowest BCUT2D eigenvalue weighted by atomic mass is 10.1. The third-order valence-corrected chi connectivity index (χ3v) is 2.80. The van der Waals surface area contributed by atoms with Crippen molar-refractivity contribution in [1.29, 1.82) is 0 Å². The molecule has 7 heteroatoms. The molecule has 18 heavy (non-hydrogen) atoms. The van der Waals surface area contributed by atoms with Gasteiger partial charge in [-0.3, -0.25) is 0 Å². The van der Waals surface area contributed by atoms with Crippen molar-refractivity contribution in [3.05, 3.63) is 35.1 Å². The predicted molar refractivity (Wildman–Crippen MR) is 64.3 cm³/mol. The Labute approximate surface area is 107 Å². The molecule has 0 fully saturated rings. The van der Waals surface area contributed by atoms with Crippen LogP contribution >= 0.6 is 11.6 Å². The average molecular weight is 273 g/mol. The Bertz CT molecular complexity index is 554. The van der Waals surface area contributed by atoms with Gasteiger partial charge in [-0.1, -0.05) is 17.7 Å². The van der Waals surface area contributed by atoms with Gasteiger partial charge in [0.2, 0.25) is 0 Å². The van der Waals surface area contributed by atoms with Gasteiger partial charge in [-0.15, -0.1) is 5.10 Å². The van der Waals surface area contributed by atoms with Crippen molar-refractivity contribution in [2.45, 2.75) is 19.5 Å². The molecule has 0 spiro atoms. The first kappa shape index (κ1) is 12.9. The Morgan fingerprint density at radius 2 is 2.11 bits per heavy atom. The molecule has 1 atom stereocenters. The van der Waals surface area contributed by atoms with Gasteiger partial charge in [-0.25, -0.2) is 4.98 Å². The second-order valence-electron chi connectivity index (χ2n) is 3.85. The van der Waals surface area contributed by atoms with Gasteiger partial charge in [0.15, 0.2) is 5.82 Å². The minimum Gasteiger partial charge on any atom is -0.324 e. The predicted octanol–water partition coefficient (Wildman–Crippen LogP) is 3.01. The molecule has 0 aliphatic carbocycles. The van der Waals surface area contributed by atoms with E-state index in [0.29, 0.717) is 15.3 Å². The molecule has 0 aliphatic rings. The van der Waals surface area contributed by atoms with Crippen LogP contribution in [0.4, 0.5) is 8.78 Å². The van der Waals surface area contributed by atoms with E-state index in [1.54, 1.807) is 18.2 Å². The number of nitrogens with two attached hydrogens (primary N) is 1. The Morgan fingerprint density at radius 1 is 1.39 bits per heavy atom. The second-order valence-corrected chi connectivity index (χ2v) is 4.26. The van der Waals surface area contributed by atoms with E-state index in [-0.39, 0.29) is 11.9 Å². The average Bonchev–Trinajstić information content (AvgIpc) is 2.78. The number of nitrogens with zero attached hydrogens (tertiary/aromatic N) is 3. The van der Waals surface area contributed by atoms with E-state index in [9.17, 15) is 8.78 Å². The van der Waals surface area contributed by atoms with Crippen LogP contribution < -0.4 is 5.73 Å². The summed E-state index contributed by atoms with van der Waals surface area (Å²) in [6.07, 6.45) is 0.967. The van der Waals surface area contributed by atoms with E-state index in [1.807, 2.05) is 6.92 Å². The van der Waals surface area contributed by atoms with Crippen LogP contribution in [0.15, 0.2) is 24.5 Å². The van der Waals surface area contributed by atoms with Crippen LogP contribution in [0.2, 0.25) is 5.02 Å². The molecule has 2 aromatic rings. The molecule has 0 unspecified atom stereocenters. The minimum atomic E-state index is -2.72. The van der Waals surface area contributed by atoms with Crippen LogP contribution in [0, 0.1) is 0 Å². The van der Waals surface area contributed by atoms with Gasteiger partial charge < -0.3 is 5.73 Å². The summed E-state index contributed by atoms with van der Waals surface area (Å²) in [7, 11) is 0. The highest BCUT2D eigenvalue weighted by Gasteiger charge is 2.14. The number of hydrogen-bond acceptors (Lipinski definition) is 3. The van der Waals surface area contributed by atoms with Crippen LogP contribution in [-0.4, -0.2) is 14.8 Å². The van der Waals surface area contributed by atoms with Gasteiger partial charge in [0.25, 0.3) is 0 Å². The lowest BCUT2D eigenvalue weighted by Gasteiger charge is -2.08. The second kappa shape index (κ2) is 4.99. The molecule has 0 bridgehead atoms. The van der Waals surface area contributed by atoms with Crippen LogP contribution in [0.25, 0.3) is 11.4 Å². The highest BCUT2D eigenvalue weighted by molar-refractivity contribution is 6.33. The molecule has 1 heterocycles. The Morgan fingerprint density at radius 3 is 2.67 bits per heavy atom. The standard InChI is InChI=1S/C11H11ClF2N4/c1-6(15)7-2-3-9(12)8(4-7)10-16-5-18(17-10)11(13)14/h2-6,11H,15H2,1H3/t6-/m0/s1. The first-order valence-corrected chi connectivity index (χ1v) is 5.61. The smallest absolute Gasteiger partial charge is 0.324 e. The first-order chi connectivity index (χ1) is 8.49. The Kier molecular flexibility index (Phi) is 3.58. The molecule has 1 aromatic carbocycles. The SMILES string of the molecule is C[C@H](N)c1ccc(Cl)c(-c2ncn(C(F)F)n2)c1. The first-order valence-electron chi connectivity index (χ1n) is 5.23. The Hall–Kier alpha value is -1.53. The number of benzene rings is 1. The molecule has 1 aromatic heterocycles. The fraction of sp³-hybridized carbons (Fsp3) is 0.273. The number of aromatic nitrogens is 3. The zero-order valence-electron chi connectivity index (χ0n) is 9.52. The number of hydrogen-bond donors (Lipinski definition) is 1. The van der Waals surface area contributed by atoms with Gasteiger partial charge in [0.1, 0.15) is 6.33 Å². The number of rotatable bonds is 3. The van der Waals surface area contributed by atoms with Crippen LogP contribution in [-0.2, 0) is 0 Å². The van der Waals surface area contributed by atoms with Crippen molar-refractivity contribution < 1.29 is 8.78 Å². The molecular formula is C11H11ClF2N4. The van der Waals surface area contributed by atoms with Crippen LogP contribution in [0.5, 0.6) is 0 Å². The summed E-state index contributed by atoms with van der Waals surface area (Å²) in [6, 6.07) is 4.95. The molecule has 96 valence electrons. The molecule has 2 N–H and O–H groups in total. The van der Waals surface area contributed by atoms with E-state index in [1.165, 1.54) is 0 Å². The third-order valence-electron chi connectivity index (χ3n) is 2.47. The lowest BCUT2D eigenvalue weighted by molar-refractivity contribution is 0.0564. The summed E-state index contributed by atoms with van der Waals surface area (Å²) in [5.74, 6) is 0.155. The fourth-order valence-corrected chi connectivity index (χ4v) is 1.69. The van der Waals surface area contributed by atoms with Crippen LogP contribution in [0.3, 0.4) is 0 Å². The van der Waals surface area contributed by atoms with Gasteiger partial charge in [-0.2, -0.15) is 13.5 Å². The summed E-state index contributed by atoms with van der Waals surface area (Å²) >= 11 is 6.01. The molecule has 2 rings (SSSR count). The van der Waals surface area contributed by atoms with E-state index >= 15 is 0 Å². The topological polar surface area (TPSA) is 56.7 Å². The summed E-state index contributed by atoms with van der Waals surface area (Å²) in [4.78, 5) is 3.82. The van der Waals surface area contributed by atoms with Crippen molar-refractivity contribution in [1.82, 2.24) is 14.8 Å². The van der Waals surface area contributed by atoms with E-state index < -0.39 is 6.55 Å². The maximum absolute atomic E-state index is 12.4. The quantitative estimate of drug-likeness (QED) is 0.934. The molecule has 0 aliphatic heterocycles. The number of halogens is 3. The van der Waals surface area contributed by atoms with E-state index in [4.69, 9.17) is 17.3 Å². The maximum Gasteiger partial charge on any atom is 0.334 e. The van der Waals surface area contributed by atoms with Crippen molar-refractivity contribution in [3.8, 4) is 11.4 Å². The third kappa shape index (κ3) is 2.49. The fourth-order valence-electron chi connectivity index (χ4n) is 1.49. The van der Waals surface area contributed by atoms with Crippen molar-refractivity contribution in [2.75, 3.05) is 0 Å². The van der Waals surface area contributed by atoms with Crippen molar-refractivity contribution >= 4 is 11.6 Å². The van der Waals surface area contributed by atoms with E-state index in [2.05, 4.69) is 10.1 Å². The van der Waals surface area contributed by atoms with Crippen molar-refractivity contribution in [3.63, 3.8) is 0 Å². The highest BCUT2D eigenvalue weighted by Crippen LogP contribution is 2.28. The molecule has 0 amide bonds. The summed E-state index contributed by atoms with van der Waals surface area (Å²) in [5.41, 5.74) is 7.08. The molecule has 0 saturated heterocycles. The van der Waals surface area contributed by atoms with Gasteiger partial charge in [0.05, 0.1) is 5.02 Å². The Balaban J connectivity index is 2.45. The molecule has 0 radical (unpaired) electrons. The molecule has 4 nitrogen and oxygen atoms in total. The number of alkyl halides is 2. The van der Waals surface area contributed by atoms with Gasteiger partial charge in [-0.05, 0) is 24.6 Å². The zero-order chi connectivity index (χ0) is 13.3. The lowest BCUT2D eigenvalue weighted by Crippen LogP contribution is -2.05. The van der Waals surface area contributed by atoms with Crippen LogP contribution in [0.1, 0.15) is 25.1 Å². The highest BCUT2D eigenvalue weighted by atomic mass is 35.5. The molecule has 0 saturated carbocycles. The van der Waals surface area contributed by atoms with Gasteiger partial charge in [0, 0.05) is 11.6 Å². The monoisotopic (exact) mass is 272 g/mol. The maximum atomic E-state index is 12.4. The largest absolute Gasteiger partial charge is 0.334 e. The van der Waals surface area contributed by atoms with E-state index in [0.717, 1.165) is 11.9 Å². The zero-order valence-corrected chi connectivity index (χ0v) is 10.3. The summed E-state index contributed by atoms with van der Waals surface area (Å²) < 4.78 is 25.3.